The molecule has 2 aromatic rings. The zero-order valence-corrected chi connectivity index (χ0v) is 9.69. The minimum absolute atomic E-state index is 0.0403. The van der Waals surface area contributed by atoms with E-state index in [1.807, 2.05) is 6.92 Å². The van der Waals surface area contributed by atoms with Crippen LogP contribution in [0, 0.1) is 17.5 Å². The van der Waals surface area contributed by atoms with Gasteiger partial charge in [-0.1, -0.05) is 19.1 Å². The topological polar surface area (TPSA) is 50.2 Å². The molecule has 0 aliphatic carbocycles. The van der Waals surface area contributed by atoms with Crippen LogP contribution < -0.4 is 5.56 Å². The summed E-state index contributed by atoms with van der Waals surface area (Å²) in [7, 11) is 0. The molecule has 0 aliphatic rings. The summed E-state index contributed by atoms with van der Waals surface area (Å²) in [5.41, 5.74) is 0.333. The van der Waals surface area contributed by atoms with Crippen molar-refractivity contribution < 1.29 is 4.39 Å². The van der Waals surface area contributed by atoms with Gasteiger partial charge in [-0.2, -0.15) is 4.39 Å². The van der Waals surface area contributed by atoms with Crippen LogP contribution in [0.1, 0.15) is 18.1 Å². The first-order chi connectivity index (χ1) is 7.54. The van der Waals surface area contributed by atoms with E-state index in [2.05, 4.69) is 9.97 Å². The van der Waals surface area contributed by atoms with E-state index >= 15 is 0 Å². The molecule has 0 aliphatic heterocycles. The molecule has 0 amide bonds. The van der Waals surface area contributed by atoms with Crippen molar-refractivity contribution in [2.24, 2.45) is 0 Å². The van der Waals surface area contributed by atoms with Crippen LogP contribution in [0.15, 0.2) is 11.0 Å². The molecule has 2 heterocycles. The predicted molar refractivity (Wildman–Crippen MR) is 60.7 cm³/mol. The summed E-state index contributed by atoms with van der Waals surface area (Å²) in [6.07, 6.45) is 2.25. The van der Waals surface area contributed by atoms with Crippen molar-refractivity contribution in [1.29, 1.82) is 0 Å². The van der Waals surface area contributed by atoms with Gasteiger partial charge in [0.05, 0.1) is 5.56 Å². The number of aromatic amines is 1. The first-order valence-electron chi connectivity index (χ1n) is 4.85. The van der Waals surface area contributed by atoms with Crippen LogP contribution in [0.4, 0.5) is 4.39 Å². The van der Waals surface area contributed by atoms with Crippen molar-refractivity contribution in [1.82, 2.24) is 14.4 Å². The van der Waals surface area contributed by atoms with Gasteiger partial charge in [0.1, 0.15) is 4.64 Å². The molecule has 84 valence electrons. The quantitative estimate of drug-likeness (QED) is 0.609. The molecule has 0 aromatic carbocycles. The predicted octanol–water partition coefficient (Wildman–Crippen LogP) is 1.76. The van der Waals surface area contributed by atoms with E-state index in [9.17, 15) is 9.18 Å². The fourth-order valence-electron chi connectivity index (χ4n) is 1.44. The second-order valence-electron chi connectivity index (χ2n) is 3.49. The Morgan fingerprint density at radius 3 is 2.94 bits per heavy atom. The fraction of sp³-hybridized carbons (Fsp3) is 0.300. The molecule has 0 fully saturated rings. The van der Waals surface area contributed by atoms with Gasteiger partial charge in [-0.25, -0.2) is 4.98 Å². The Bertz CT molecular complexity index is 674. The number of H-pyrrole nitrogens is 1. The van der Waals surface area contributed by atoms with Crippen LogP contribution in [0.2, 0.25) is 0 Å². The lowest BCUT2D eigenvalue weighted by atomic mass is 10.3. The van der Waals surface area contributed by atoms with E-state index in [0.29, 0.717) is 11.1 Å². The van der Waals surface area contributed by atoms with Crippen molar-refractivity contribution in [3.63, 3.8) is 0 Å². The van der Waals surface area contributed by atoms with Crippen molar-refractivity contribution in [2.75, 3.05) is 0 Å². The maximum absolute atomic E-state index is 13.8. The summed E-state index contributed by atoms with van der Waals surface area (Å²) in [6, 6.07) is 0. The van der Waals surface area contributed by atoms with Crippen molar-refractivity contribution in [3.05, 3.63) is 38.3 Å². The number of halogens is 1. The number of nitrogens with zero attached hydrogens (tertiary/aromatic N) is 2. The molecule has 0 radical (unpaired) electrons. The molecule has 0 saturated carbocycles. The number of aryl methyl sites for hydroxylation is 1. The van der Waals surface area contributed by atoms with Gasteiger partial charge >= 0.3 is 0 Å². The highest BCUT2D eigenvalue weighted by Gasteiger charge is 2.09. The van der Waals surface area contributed by atoms with Crippen LogP contribution in [0.5, 0.6) is 0 Å². The number of aromatic nitrogens is 3. The number of rotatable bonds is 1. The highest BCUT2D eigenvalue weighted by atomic mass is 32.1. The van der Waals surface area contributed by atoms with Gasteiger partial charge in [0.2, 0.25) is 11.7 Å². The van der Waals surface area contributed by atoms with E-state index in [1.54, 1.807) is 6.20 Å². The van der Waals surface area contributed by atoms with E-state index in [4.69, 9.17) is 12.2 Å². The van der Waals surface area contributed by atoms with E-state index in [0.717, 1.165) is 5.56 Å². The Balaban J connectivity index is 2.98. The van der Waals surface area contributed by atoms with E-state index < -0.39 is 11.5 Å². The summed E-state index contributed by atoms with van der Waals surface area (Å²) in [5, 5.41) is 0. The molecule has 0 atom stereocenters. The zero-order chi connectivity index (χ0) is 11.9. The first kappa shape index (κ1) is 10.9. The van der Waals surface area contributed by atoms with Crippen LogP contribution in [-0.2, 0) is 6.42 Å². The molecule has 16 heavy (non-hydrogen) atoms. The Morgan fingerprint density at radius 1 is 1.62 bits per heavy atom. The van der Waals surface area contributed by atoms with Crippen molar-refractivity contribution in [2.45, 2.75) is 20.3 Å². The van der Waals surface area contributed by atoms with Crippen LogP contribution in [-0.4, -0.2) is 14.4 Å². The van der Waals surface area contributed by atoms with Gasteiger partial charge in [0.15, 0.2) is 0 Å². The van der Waals surface area contributed by atoms with Crippen LogP contribution >= 0.6 is 12.2 Å². The number of hydrogen-bond acceptors (Lipinski definition) is 3. The molecule has 4 nitrogen and oxygen atoms in total. The third-order valence-electron chi connectivity index (χ3n) is 2.46. The normalized spacial score (nSPS) is 10.9. The lowest BCUT2D eigenvalue weighted by Gasteiger charge is -2.06. The number of hydrogen-bond donors (Lipinski definition) is 1. The molecular formula is C10H10FN3OS. The second kappa shape index (κ2) is 3.79. The zero-order valence-electron chi connectivity index (χ0n) is 8.87. The van der Waals surface area contributed by atoms with Crippen molar-refractivity contribution in [3.8, 4) is 0 Å². The van der Waals surface area contributed by atoms with E-state index in [-0.39, 0.29) is 11.3 Å². The smallest absolute Gasteiger partial charge is 0.258 e. The highest BCUT2D eigenvalue weighted by molar-refractivity contribution is 7.71. The van der Waals surface area contributed by atoms with Gasteiger partial charge < -0.3 is 0 Å². The van der Waals surface area contributed by atoms with Gasteiger partial charge in [-0.3, -0.25) is 14.2 Å². The Kier molecular flexibility index (Phi) is 2.59. The molecule has 1 N–H and O–H groups in total. The van der Waals surface area contributed by atoms with Crippen molar-refractivity contribution >= 4 is 18.0 Å². The molecule has 2 rings (SSSR count). The molecule has 0 unspecified atom stereocenters. The molecular weight excluding hydrogens is 229 g/mol. The minimum Gasteiger partial charge on any atom is -0.292 e. The molecule has 0 spiro atoms. The van der Waals surface area contributed by atoms with Gasteiger partial charge in [0.25, 0.3) is 5.56 Å². The van der Waals surface area contributed by atoms with Gasteiger partial charge in [-0.15, -0.1) is 0 Å². The Labute approximate surface area is 95.8 Å². The largest absolute Gasteiger partial charge is 0.292 e. The third-order valence-corrected chi connectivity index (χ3v) is 2.82. The van der Waals surface area contributed by atoms with Gasteiger partial charge in [0, 0.05) is 11.8 Å². The summed E-state index contributed by atoms with van der Waals surface area (Å²) < 4.78 is 15.4. The highest BCUT2D eigenvalue weighted by Crippen LogP contribution is 2.07. The summed E-state index contributed by atoms with van der Waals surface area (Å²) in [5.74, 6) is -0.466. The third kappa shape index (κ3) is 1.55. The maximum atomic E-state index is 13.8. The first-order valence-corrected chi connectivity index (χ1v) is 5.26. The molecule has 2 aromatic heterocycles. The van der Waals surface area contributed by atoms with E-state index in [1.165, 1.54) is 11.3 Å². The standard InChI is InChI=1S/C10H10FN3OS/c1-3-6-4-14-7(11)5(2)8(15)12-10(14)13-9(6)16/h4H,3H2,1-2H3,(H,12,13,15,16). The van der Waals surface area contributed by atoms with Crippen LogP contribution in [0.3, 0.4) is 0 Å². The second-order valence-corrected chi connectivity index (χ2v) is 3.88. The SMILES string of the molecule is CCc1cn2c(F)c(C)c(=O)[nH]c2nc1=S. The molecule has 6 heteroatoms. The lowest BCUT2D eigenvalue weighted by Crippen LogP contribution is -2.18. The number of nitrogens with one attached hydrogen (secondary N) is 1. The lowest BCUT2D eigenvalue weighted by molar-refractivity contribution is 0.547. The monoisotopic (exact) mass is 239 g/mol. The fourth-order valence-corrected chi connectivity index (χ4v) is 1.73. The Morgan fingerprint density at radius 2 is 2.31 bits per heavy atom. The number of fused-ring (bicyclic) bond motifs is 1. The minimum atomic E-state index is -0.601. The average Bonchev–Trinajstić information content (AvgIpc) is 2.26. The average molecular weight is 239 g/mol. The summed E-state index contributed by atoms with van der Waals surface area (Å²) >= 11 is 5.03. The summed E-state index contributed by atoms with van der Waals surface area (Å²) in [4.78, 5) is 17.8. The molecule has 0 saturated heterocycles. The molecule has 0 bridgehead atoms. The van der Waals surface area contributed by atoms with Gasteiger partial charge in [-0.05, 0) is 13.3 Å². The maximum Gasteiger partial charge on any atom is 0.258 e. The Hall–Kier alpha value is -1.56. The van der Waals surface area contributed by atoms with Crippen LogP contribution in [0.25, 0.3) is 5.78 Å². The summed E-state index contributed by atoms with van der Waals surface area (Å²) in [6.45, 7) is 3.34.